The number of rotatable bonds is 3. The Morgan fingerprint density at radius 1 is 0.852 bits per heavy atom. The lowest BCUT2D eigenvalue weighted by Gasteiger charge is -2.04. The van der Waals surface area contributed by atoms with Gasteiger partial charge < -0.3 is 4.42 Å². The van der Waals surface area contributed by atoms with Gasteiger partial charge in [0, 0.05) is 17.0 Å². The topological polar surface area (TPSA) is 50.4 Å². The zero-order valence-corrected chi connectivity index (χ0v) is 15.1. The summed E-state index contributed by atoms with van der Waals surface area (Å²) in [5.74, 6) is 0.777. The molecule has 0 aliphatic carbocycles. The third kappa shape index (κ3) is 3.09. The van der Waals surface area contributed by atoms with Crippen LogP contribution in [0.15, 0.2) is 94.4 Å². The summed E-state index contributed by atoms with van der Waals surface area (Å²) in [7, 11) is 0. The van der Waals surface area contributed by atoms with Gasteiger partial charge in [-0.15, -0.1) is 0 Å². The summed E-state index contributed by atoms with van der Waals surface area (Å²) < 4.78 is 7.22. The molecular weight excluding hydrogens is 354 g/mol. The van der Waals surface area contributed by atoms with Crippen LogP contribution in [0.4, 0.5) is 5.13 Å². The van der Waals surface area contributed by atoms with Crippen molar-refractivity contribution in [3.8, 4) is 11.3 Å². The number of nitrogens with one attached hydrogen (secondary N) is 1. The molecule has 3 aromatic carbocycles. The molecule has 0 unspecified atom stereocenters. The lowest BCUT2D eigenvalue weighted by Crippen LogP contribution is -2.07. The van der Waals surface area contributed by atoms with Gasteiger partial charge in [0.1, 0.15) is 11.3 Å². The highest BCUT2D eigenvalue weighted by Crippen LogP contribution is 2.25. The van der Waals surface area contributed by atoms with Gasteiger partial charge in [0.25, 0.3) is 0 Å². The number of anilines is 1. The molecule has 0 saturated carbocycles. The van der Waals surface area contributed by atoms with E-state index in [1.807, 2.05) is 78.9 Å². The minimum absolute atomic E-state index is 0.766. The molecule has 5 rings (SSSR count). The zero-order valence-electron chi connectivity index (χ0n) is 14.3. The van der Waals surface area contributed by atoms with Crippen LogP contribution in [0.2, 0.25) is 0 Å². The molecule has 4 nitrogen and oxygen atoms in total. The first-order valence-electron chi connectivity index (χ1n) is 8.60. The van der Waals surface area contributed by atoms with E-state index in [1.54, 1.807) is 11.3 Å². The maximum absolute atomic E-state index is 6.09. The first kappa shape index (κ1) is 15.8. The Balaban J connectivity index is 1.63. The molecule has 0 spiro atoms. The van der Waals surface area contributed by atoms with E-state index in [1.165, 1.54) is 0 Å². The van der Waals surface area contributed by atoms with E-state index in [9.17, 15) is 0 Å². The first-order chi connectivity index (χ1) is 13.4. The van der Waals surface area contributed by atoms with E-state index in [0.717, 1.165) is 43.0 Å². The van der Waals surface area contributed by atoms with Gasteiger partial charge in [-0.05, 0) is 24.3 Å². The smallest absolute Gasteiger partial charge is 0.204 e. The van der Waals surface area contributed by atoms with Gasteiger partial charge in [-0.2, -0.15) is 5.10 Å². The van der Waals surface area contributed by atoms with E-state index in [-0.39, 0.29) is 0 Å². The molecule has 0 fully saturated rings. The van der Waals surface area contributed by atoms with Crippen molar-refractivity contribution in [1.82, 2.24) is 4.98 Å². The number of aromatic nitrogens is 1. The average molecular weight is 369 g/mol. The van der Waals surface area contributed by atoms with Crippen molar-refractivity contribution < 1.29 is 4.42 Å². The Morgan fingerprint density at radius 2 is 1.63 bits per heavy atom. The molecule has 2 aromatic heterocycles. The highest BCUT2D eigenvalue weighted by atomic mass is 32.1. The second-order valence-corrected chi connectivity index (χ2v) is 7.10. The van der Waals surface area contributed by atoms with Gasteiger partial charge in [-0.25, -0.2) is 4.98 Å². The fraction of sp³-hybridized carbons (Fsp3) is 0. The van der Waals surface area contributed by atoms with E-state index >= 15 is 0 Å². The summed E-state index contributed by atoms with van der Waals surface area (Å²) in [4.78, 5) is 4.58. The van der Waals surface area contributed by atoms with Gasteiger partial charge in [-0.3, -0.25) is 5.43 Å². The molecule has 1 N–H and O–H groups in total. The van der Waals surface area contributed by atoms with Crippen molar-refractivity contribution >= 4 is 37.7 Å². The second kappa shape index (κ2) is 6.70. The zero-order chi connectivity index (χ0) is 18.1. The highest BCUT2D eigenvalue weighted by Gasteiger charge is 2.06. The van der Waals surface area contributed by atoms with Gasteiger partial charge in [-0.1, -0.05) is 65.9 Å². The molecule has 0 radical (unpaired) electrons. The van der Waals surface area contributed by atoms with Crippen LogP contribution in [0, 0.1) is 0 Å². The maximum Gasteiger partial charge on any atom is 0.204 e. The number of hydrogen-bond acceptors (Lipinski definition) is 5. The standard InChI is InChI=1S/C22H15N3OS/c1-2-8-15(9-3-1)20-14-18(16-10-4-6-12-19(16)26-20)24-25-22-23-17-11-5-7-13-21(17)27-22/h1-14H,(H,23,25)/b24-18-. The maximum atomic E-state index is 6.09. The molecule has 27 heavy (non-hydrogen) atoms. The van der Waals surface area contributed by atoms with Crippen molar-refractivity contribution in [2.75, 3.05) is 5.43 Å². The molecule has 0 amide bonds. The van der Waals surface area contributed by atoms with Gasteiger partial charge in [0.2, 0.25) is 5.13 Å². The predicted octanol–water partition coefficient (Wildman–Crippen LogP) is 5.64. The van der Waals surface area contributed by atoms with E-state index in [4.69, 9.17) is 4.42 Å². The molecule has 5 aromatic rings. The molecule has 0 aliphatic heterocycles. The molecule has 130 valence electrons. The summed E-state index contributed by atoms with van der Waals surface area (Å²) in [5.41, 5.74) is 5.89. The summed E-state index contributed by atoms with van der Waals surface area (Å²) in [5, 5.41) is 7.15. The molecule has 0 atom stereocenters. The fourth-order valence-electron chi connectivity index (χ4n) is 2.98. The van der Waals surface area contributed by atoms with Crippen molar-refractivity contribution in [2.45, 2.75) is 0 Å². The SMILES string of the molecule is c1ccc(-c2c/c(=N/Nc3nc4ccccc4s3)c3ccccc3o2)cc1. The lowest BCUT2D eigenvalue weighted by molar-refractivity contribution is 0.618. The first-order valence-corrected chi connectivity index (χ1v) is 9.42. The summed E-state index contributed by atoms with van der Waals surface area (Å²) in [6, 6.07) is 28.0. The Labute approximate surface area is 159 Å². The normalized spacial score (nSPS) is 11.9. The van der Waals surface area contributed by atoms with Crippen LogP contribution in [-0.2, 0) is 0 Å². The number of fused-ring (bicyclic) bond motifs is 2. The molecule has 0 saturated heterocycles. The van der Waals surface area contributed by atoms with Gasteiger partial charge in [0.15, 0.2) is 0 Å². The van der Waals surface area contributed by atoms with Crippen molar-refractivity contribution in [3.05, 3.63) is 90.3 Å². The fourth-order valence-corrected chi connectivity index (χ4v) is 3.79. The van der Waals surface area contributed by atoms with Crippen LogP contribution in [0.1, 0.15) is 0 Å². The van der Waals surface area contributed by atoms with Crippen molar-refractivity contribution in [2.24, 2.45) is 5.10 Å². The van der Waals surface area contributed by atoms with Crippen LogP contribution >= 0.6 is 11.3 Å². The lowest BCUT2D eigenvalue weighted by atomic mass is 10.1. The van der Waals surface area contributed by atoms with E-state index in [0.29, 0.717) is 0 Å². The summed E-state index contributed by atoms with van der Waals surface area (Å²) in [6.45, 7) is 0. The number of nitrogens with zero attached hydrogens (tertiary/aromatic N) is 2. The van der Waals surface area contributed by atoms with Crippen LogP contribution in [0.3, 0.4) is 0 Å². The minimum atomic E-state index is 0.766. The summed E-state index contributed by atoms with van der Waals surface area (Å²) >= 11 is 1.58. The van der Waals surface area contributed by atoms with Crippen LogP contribution < -0.4 is 10.8 Å². The Morgan fingerprint density at radius 3 is 2.52 bits per heavy atom. The molecule has 5 heteroatoms. The Hall–Kier alpha value is -3.44. The molecule has 0 aliphatic rings. The van der Waals surface area contributed by atoms with Crippen molar-refractivity contribution in [3.63, 3.8) is 0 Å². The van der Waals surface area contributed by atoms with E-state index < -0.39 is 0 Å². The average Bonchev–Trinajstić information content (AvgIpc) is 3.15. The van der Waals surface area contributed by atoms with E-state index in [2.05, 4.69) is 21.6 Å². The van der Waals surface area contributed by atoms with Gasteiger partial charge >= 0.3 is 0 Å². The molecular formula is C22H15N3OS. The Bertz CT molecular complexity index is 1270. The quantitative estimate of drug-likeness (QED) is 0.419. The van der Waals surface area contributed by atoms with Crippen LogP contribution in [-0.4, -0.2) is 4.98 Å². The van der Waals surface area contributed by atoms with Crippen molar-refractivity contribution in [1.29, 1.82) is 0 Å². The number of benzene rings is 3. The largest absolute Gasteiger partial charge is 0.456 e. The predicted molar refractivity (Wildman–Crippen MR) is 110 cm³/mol. The van der Waals surface area contributed by atoms with Gasteiger partial charge in [0.05, 0.1) is 15.6 Å². The molecule has 0 bridgehead atoms. The Kier molecular flexibility index (Phi) is 3.92. The molecule has 2 heterocycles. The second-order valence-electron chi connectivity index (χ2n) is 6.07. The van der Waals surface area contributed by atoms with Crippen LogP contribution in [0.5, 0.6) is 0 Å². The monoisotopic (exact) mass is 369 g/mol. The number of thiazole rings is 1. The third-order valence-electron chi connectivity index (χ3n) is 4.27. The minimum Gasteiger partial charge on any atom is -0.456 e. The summed E-state index contributed by atoms with van der Waals surface area (Å²) in [6.07, 6.45) is 0. The number of para-hydroxylation sites is 2. The number of hydrogen-bond donors (Lipinski definition) is 1. The highest BCUT2D eigenvalue weighted by molar-refractivity contribution is 7.22. The third-order valence-corrected chi connectivity index (χ3v) is 5.22. The van der Waals surface area contributed by atoms with Crippen LogP contribution in [0.25, 0.3) is 32.5 Å².